The topological polar surface area (TPSA) is 78.9 Å². The molecule has 0 aromatic heterocycles. The monoisotopic (exact) mass is 354 g/mol. The molecule has 1 aliphatic heterocycles. The first-order valence-electron chi connectivity index (χ1n) is 7.81. The van der Waals surface area contributed by atoms with Gasteiger partial charge in [0.25, 0.3) is 0 Å². The number of rotatable bonds is 2. The minimum atomic E-state index is -0.773. The third-order valence-electron chi connectivity index (χ3n) is 3.66. The number of β-amino-alcohol motifs (C(OH)–C–C–N with tert-alkyl or cyclic N) is 1. The number of anilines is 1. The number of likely N-dealkylation sites (tertiary alicyclic amines) is 1. The summed E-state index contributed by atoms with van der Waals surface area (Å²) in [4.78, 5) is 26.1. The molecule has 132 valence electrons. The van der Waals surface area contributed by atoms with Gasteiger partial charge in [0.15, 0.2) is 0 Å². The first kappa shape index (κ1) is 18.5. The van der Waals surface area contributed by atoms with Gasteiger partial charge in [-0.3, -0.25) is 9.69 Å². The number of benzene rings is 1. The molecule has 2 amide bonds. The molecule has 6 nitrogen and oxygen atoms in total. The van der Waals surface area contributed by atoms with Gasteiger partial charge in [-0.05, 0) is 51.5 Å². The Morgan fingerprint density at radius 1 is 1.38 bits per heavy atom. The van der Waals surface area contributed by atoms with Crippen molar-refractivity contribution in [3.8, 4) is 0 Å². The minimum absolute atomic E-state index is 0.0760. The molecule has 0 spiro atoms. The summed E-state index contributed by atoms with van der Waals surface area (Å²) in [6.45, 7) is 7.17. The number of carbonyl (C=O) groups excluding carboxylic acids is 2. The molecule has 0 unspecified atom stereocenters. The second-order valence-corrected chi connectivity index (χ2v) is 7.42. The third kappa shape index (κ3) is 4.61. The van der Waals surface area contributed by atoms with Crippen LogP contribution in [0.3, 0.4) is 0 Å². The summed E-state index contributed by atoms with van der Waals surface area (Å²) in [6, 6.07) is 4.36. The van der Waals surface area contributed by atoms with E-state index in [0.717, 1.165) is 5.56 Å². The van der Waals surface area contributed by atoms with E-state index in [2.05, 4.69) is 5.32 Å². The van der Waals surface area contributed by atoms with E-state index in [9.17, 15) is 14.7 Å². The van der Waals surface area contributed by atoms with Gasteiger partial charge in [0.1, 0.15) is 11.6 Å². The van der Waals surface area contributed by atoms with Crippen molar-refractivity contribution in [3.63, 3.8) is 0 Å². The molecule has 1 aromatic carbocycles. The van der Waals surface area contributed by atoms with Crippen molar-refractivity contribution < 1.29 is 19.4 Å². The molecule has 1 fully saturated rings. The molecule has 1 aromatic rings. The highest BCUT2D eigenvalue weighted by Crippen LogP contribution is 2.24. The lowest BCUT2D eigenvalue weighted by molar-refractivity contribution is -0.120. The number of carbonyl (C=O) groups is 2. The standard InChI is InChI=1S/C17H23ClN2O4/c1-10-7-11(18)5-6-13(10)19-15(22)14-8-12(21)9-20(14)16(23)24-17(2,3)4/h5-7,12,14,21H,8-9H2,1-4H3,(H,19,22)/t12-,14-/m1/s1. The second kappa shape index (κ2) is 6.99. The summed E-state index contributed by atoms with van der Waals surface area (Å²) >= 11 is 5.91. The van der Waals surface area contributed by atoms with Crippen LogP contribution in [0.1, 0.15) is 32.8 Å². The average molecular weight is 355 g/mol. The van der Waals surface area contributed by atoms with Gasteiger partial charge in [0.2, 0.25) is 5.91 Å². The van der Waals surface area contributed by atoms with Crippen molar-refractivity contribution in [2.45, 2.75) is 51.9 Å². The zero-order valence-electron chi connectivity index (χ0n) is 14.3. The number of aliphatic hydroxyl groups excluding tert-OH is 1. The summed E-state index contributed by atoms with van der Waals surface area (Å²) in [6.07, 6.45) is -1.18. The SMILES string of the molecule is Cc1cc(Cl)ccc1NC(=O)[C@H]1C[C@@H](O)CN1C(=O)OC(C)(C)C. The first-order chi connectivity index (χ1) is 11.1. The molecule has 2 rings (SSSR count). The lowest BCUT2D eigenvalue weighted by Crippen LogP contribution is -2.45. The molecule has 1 aliphatic rings. The number of halogens is 1. The fraction of sp³-hybridized carbons (Fsp3) is 0.529. The minimum Gasteiger partial charge on any atom is -0.444 e. The van der Waals surface area contributed by atoms with Gasteiger partial charge in [0, 0.05) is 17.1 Å². The van der Waals surface area contributed by atoms with Gasteiger partial charge in [-0.15, -0.1) is 0 Å². The van der Waals surface area contributed by atoms with Gasteiger partial charge in [0.05, 0.1) is 12.6 Å². The smallest absolute Gasteiger partial charge is 0.411 e. The quantitative estimate of drug-likeness (QED) is 0.855. The largest absolute Gasteiger partial charge is 0.444 e. The number of ether oxygens (including phenoxy) is 1. The fourth-order valence-corrected chi connectivity index (χ4v) is 2.79. The van der Waals surface area contributed by atoms with Gasteiger partial charge in [-0.1, -0.05) is 11.6 Å². The molecule has 1 saturated heterocycles. The lowest BCUT2D eigenvalue weighted by Gasteiger charge is -2.28. The molecule has 0 radical (unpaired) electrons. The van der Waals surface area contributed by atoms with Crippen LogP contribution in [-0.4, -0.2) is 46.3 Å². The number of hydrogen-bond donors (Lipinski definition) is 2. The Kier molecular flexibility index (Phi) is 5.40. The van der Waals surface area contributed by atoms with E-state index < -0.39 is 23.8 Å². The highest BCUT2D eigenvalue weighted by Gasteiger charge is 2.41. The Morgan fingerprint density at radius 3 is 2.62 bits per heavy atom. The highest BCUT2D eigenvalue weighted by molar-refractivity contribution is 6.30. The summed E-state index contributed by atoms with van der Waals surface area (Å²) in [5.41, 5.74) is 0.770. The molecule has 2 N–H and O–H groups in total. The average Bonchev–Trinajstić information content (AvgIpc) is 2.82. The van der Waals surface area contributed by atoms with E-state index in [-0.39, 0.29) is 18.9 Å². The Balaban J connectivity index is 2.12. The molecule has 0 saturated carbocycles. The lowest BCUT2D eigenvalue weighted by atomic mass is 10.1. The van der Waals surface area contributed by atoms with Crippen molar-refractivity contribution in [2.75, 3.05) is 11.9 Å². The predicted molar refractivity (Wildman–Crippen MR) is 92.2 cm³/mol. The van der Waals surface area contributed by atoms with E-state index in [4.69, 9.17) is 16.3 Å². The van der Waals surface area contributed by atoms with Crippen LogP contribution in [0.5, 0.6) is 0 Å². The maximum absolute atomic E-state index is 12.6. The van der Waals surface area contributed by atoms with Crippen LogP contribution in [-0.2, 0) is 9.53 Å². The van der Waals surface area contributed by atoms with Gasteiger partial charge in [-0.25, -0.2) is 4.79 Å². The van der Waals surface area contributed by atoms with Crippen LogP contribution >= 0.6 is 11.6 Å². The number of hydrogen-bond acceptors (Lipinski definition) is 4. The van der Waals surface area contributed by atoms with Crippen LogP contribution in [0.25, 0.3) is 0 Å². The third-order valence-corrected chi connectivity index (χ3v) is 3.89. The van der Waals surface area contributed by atoms with Crippen LogP contribution in [0.15, 0.2) is 18.2 Å². The van der Waals surface area contributed by atoms with E-state index in [0.29, 0.717) is 10.7 Å². The molecular formula is C17H23ClN2O4. The molecule has 24 heavy (non-hydrogen) atoms. The molecular weight excluding hydrogens is 332 g/mol. The number of nitrogens with one attached hydrogen (secondary N) is 1. The summed E-state index contributed by atoms with van der Waals surface area (Å²) < 4.78 is 5.32. The van der Waals surface area contributed by atoms with Gasteiger partial charge in [-0.2, -0.15) is 0 Å². The number of nitrogens with zero attached hydrogens (tertiary/aromatic N) is 1. The first-order valence-corrected chi connectivity index (χ1v) is 8.19. The van der Waals surface area contributed by atoms with Crippen molar-refractivity contribution in [2.24, 2.45) is 0 Å². The molecule has 1 heterocycles. The second-order valence-electron chi connectivity index (χ2n) is 6.99. The van der Waals surface area contributed by atoms with E-state index in [1.54, 1.807) is 39.0 Å². The number of aliphatic hydroxyl groups is 1. The summed E-state index contributed by atoms with van der Waals surface area (Å²) in [5.74, 6) is -0.358. The molecule has 0 aliphatic carbocycles. The predicted octanol–water partition coefficient (Wildman–Crippen LogP) is 2.96. The highest BCUT2D eigenvalue weighted by atomic mass is 35.5. The Hall–Kier alpha value is -1.79. The van der Waals surface area contributed by atoms with Crippen molar-refractivity contribution in [3.05, 3.63) is 28.8 Å². The van der Waals surface area contributed by atoms with E-state index in [1.165, 1.54) is 4.90 Å². The summed E-state index contributed by atoms with van der Waals surface area (Å²) in [7, 11) is 0. The van der Waals surface area contributed by atoms with Crippen molar-refractivity contribution >= 4 is 29.3 Å². The van der Waals surface area contributed by atoms with Crippen LogP contribution in [0.4, 0.5) is 10.5 Å². The van der Waals surface area contributed by atoms with Crippen molar-refractivity contribution in [1.29, 1.82) is 0 Å². The van der Waals surface area contributed by atoms with Gasteiger partial charge < -0.3 is 15.2 Å². The van der Waals surface area contributed by atoms with E-state index in [1.807, 2.05) is 6.92 Å². The molecule has 0 bridgehead atoms. The Morgan fingerprint density at radius 2 is 2.04 bits per heavy atom. The number of aryl methyl sites for hydroxylation is 1. The zero-order chi connectivity index (χ0) is 18.1. The Bertz CT molecular complexity index is 642. The van der Waals surface area contributed by atoms with Gasteiger partial charge >= 0.3 is 6.09 Å². The van der Waals surface area contributed by atoms with Crippen LogP contribution in [0.2, 0.25) is 5.02 Å². The summed E-state index contributed by atoms with van der Waals surface area (Å²) in [5, 5.41) is 13.2. The zero-order valence-corrected chi connectivity index (χ0v) is 15.1. The van der Waals surface area contributed by atoms with E-state index >= 15 is 0 Å². The Labute approximate surface area is 146 Å². The normalized spacial score (nSPS) is 20.8. The fourth-order valence-electron chi connectivity index (χ4n) is 2.57. The maximum Gasteiger partial charge on any atom is 0.411 e. The molecule has 7 heteroatoms. The van der Waals surface area contributed by atoms with Crippen LogP contribution < -0.4 is 5.32 Å². The van der Waals surface area contributed by atoms with Crippen LogP contribution in [0, 0.1) is 6.92 Å². The molecule has 2 atom stereocenters. The van der Waals surface area contributed by atoms with Crippen molar-refractivity contribution in [1.82, 2.24) is 4.90 Å². The maximum atomic E-state index is 12.6. The number of amides is 2.